The molecule has 0 aromatic carbocycles. The van der Waals surface area contributed by atoms with Crippen LogP contribution in [0.25, 0.3) is 0 Å². The molecule has 1 heterocycles. The van der Waals surface area contributed by atoms with Crippen LogP contribution in [0.4, 0.5) is 0 Å². The number of aliphatic imine (C=N–C) groups is 1. The highest BCUT2D eigenvalue weighted by Crippen LogP contribution is 2.23. The third kappa shape index (κ3) is 6.27. The standard InChI is InChI=1S/C19H33N5OS/c1-13(2)16-12-26-17(22-16)10-20-19(21-11-18(25)24(4)5)23-15-9-7-6-8-14(15)3/h12-15H,6-11H2,1-5H3,(H2,20,21,23). The van der Waals surface area contributed by atoms with Gasteiger partial charge in [0.1, 0.15) is 11.6 Å². The Morgan fingerprint density at radius 1 is 1.38 bits per heavy atom. The number of rotatable bonds is 6. The molecule has 0 aliphatic heterocycles. The number of carbonyl (C=O) groups excluding carboxylic acids is 1. The summed E-state index contributed by atoms with van der Waals surface area (Å²) >= 11 is 1.66. The molecule has 146 valence electrons. The quantitative estimate of drug-likeness (QED) is 0.589. The number of amides is 1. The molecular weight excluding hydrogens is 346 g/mol. The van der Waals surface area contributed by atoms with Crippen LogP contribution < -0.4 is 10.6 Å². The normalized spacial score (nSPS) is 20.9. The highest BCUT2D eigenvalue weighted by molar-refractivity contribution is 7.09. The molecular formula is C19H33N5OS. The van der Waals surface area contributed by atoms with Gasteiger partial charge in [-0.05, 0) is 24.7 Å². The zero-order valence-corrected chi connectivity index (χ0v) is 17.5. The first-order chi connectivity index (χ1) is 12.4. The summed E-state index contributed by atoms with van der Waals surface area (Å²) in [6.45, 7) is 7.37. The Morgan fingerprint density at radius 3 is 2.73 bits per heavy atom. The van der Waals surface area contributed by atoms with Gasteiger partial charge in [-0.25, -0.2) is 9.98 Å². The van der Waals surface area contributed by atoms with Gasteiger partial charge in [-0.3, -0.25) is 4.79 Å². The van der Waals surface area contributed by atoms with Gasteiger partial charge in [0.05, 0.1) is 12.2 Å². The van der Waals surface area contributed by atoms with Crippen LogP contribution >= 0.6 is 11.3 Å². The summed E-state index contributed by atoms with van der Waals surface area (Å²) in [6, 6.07) is 0.409. The van der Waals surface area contributed by atoms with Crippen molar-refractivity contribution in [1.82, 2.24) is 20.5 Å². The number of hydrogen-bond acceptors (Lipinski definition) is 4. The average Bonchev–Trinajstić information content (AvgIpc) is 3.08. The molecule has 6 nitrogen and oxygen atoms in total. The molecule has 2 rings (SSSR count). The van der Waals surface area contributed by atoms with E-state index in [9.17, 15) is 4.79 Å². The molecule has 2 unspecified atom stereocenters. The maximum Gasteiger partial charge on any atom is 0.243 e. The molecule has 2 atom stereocenters. The lowest BCUT2D eigenvalue weighted by Gasteiger charge is -2.30. The van der Waals surface area contributed by atoms with Gasteiger partial charge in [0.15, 0.2) is 5.96 Å². The number of hydrogen-bond donors (Lipinski definition) is 2. The highest BCUT2D eigenvalue weighted by atomic mass is 32.1. The van der Waals surface area contributed by atoms with Gasteiger partial charge in [-0.2, -0.15) is 0 Å². The number of thiazole rings is 1. The van der Waals surface area contributed by atoms with E-state index in [0.717, 1.165) is 17.1 Å². The molecule has 1 amide bonds. The zero-order chi connectivity index (χ0) is 19.1. The first-order valence-corrected chi connectivity index (χ1v) is 10.4. The van der Waals surface area contributed by atoms with Crippen molar-refractivity contribution in [2.24, 2.45) is 10.9 Å². The molecule has 1 saturated carbocycles. The number of nitrogens with one attached hydrogen (secondary N) is 2. The summed E-state index contributed by atoms with van der Waals surface area (Å²) in [5.41, 5.74) is 1.13. The molecule has 1 aliphatic rings. The summed E-state index contributed by atoms with van der Waals surface area (Å²) in [7, 11) is 3.51. The van der Waals surface area contributed by atoms with Crippen LogP contribution in [0, 0.1) is 5.92 Å². The van der Waals surface area contributed by atoms with Crippen molar-refractivity contribution < 1.29 is 4.79 Å². The maximum absolute atomic E-state index is 11.9. The zero-order valence-electron chi connectivity index (χ0n) is 16.7. The Kier molecular flexibility index (Phi) is 7.87. The van der Waals surface area contributed by atoms with Gasteiger partial charge in [-0.1, -0.05) is 33.6 Å². The van der Waals surface area contributed by atoms with E-state index >= 15 is 0 Å². The largest absolute Gasteiger partial charge is 0.353 e. The predicted octanol–water partition coefficient (Wildman–Crippen LogP) is 2.97. The molecule has 1 aromatic rings. The third-order valence-corrected chi connectivity index (χ3v) is 5.74. The van der Waals surface area contributed by atoms with E-state index in [1.807, 2.05) is 0 Å². The molecule has 0 spiro atoms. The lowest BCUT2D eigenvalue weighted by Crippen LogP contribution is -2.47. The molecule has 0 saturated heterocycles. The van der Waals surface area contributed by atoms with E-state index in [2.05, 4.69) is 46.8 Å². The average molecular weight is 380 g/mol. The summed E-state index contributed by atoms with van der Waals surface area (Å²) in [5, 5.41) is 10.1. The smallest absolute Gasteiger partial charge is 0.243 e. The Labute approximate surface area is 161 Å². The highest BCUT2D eigenvalue weighted by Gasteiger charge is 2.22. The summed E-state index contributed by atoms with van der Waals surface area (Å²) in [6.07, 6.45) is 4.94. The molecule has 26 heavy (non-hydrogen) atoms. The van der Waals surface area contributed by atoms with Crippen molar-refractivity contribution in [3.8, 4) is 0 Å². The first-order valence-electron chi connectivity index (χ1n) is 9.56. The Balaban J connectivity index is 2.01. The van der Waals surface area contributed by atoms with E-state index in [1.165, 1.54) is 19.3 Å². The molecule has 2 N–H and O–H groups in total. The van der Waals surface area contributed by atoms with Gasteiger partial charge >= 0.3 is 0 Å². The van der Waals surface area contributed by atoms with Crippen molar-refractivity contribution in [3.05, 3.63) is 16.1 Å². The second-order valence-electron chi connectivity index (χ2n) is 7.64. The van der Waals surface area contributed by atoms with E-state index in [-0.39, 0.29) is 12.5 Å². The number of nitrogens with zero attached hydrogens (tertiary/aromatic N) is 3. The molecule has 0 bridgehead atoms. The van der Waals surface area contributed by atoms with Crippen LogP contribution in [-0.2, 0) is 11.3 Å². The number of aromatic nitrogens is 1. The number of likely N-dealkylation sites (N-methyl/N-ethyl adjacent to an activating group) is 1. The predicted molar refractivity (Wildman–Crippen MR) is 109 cm³/mol. The number of carbonyl (C=O) groups is 1. The lowest BCUT2D eigenvalue weighted by atomic mass is 9.86. The van der Waals surface area contributed by atoms with Gasteiger partial charge < -0.3 is 15.5 Å². The van der Waals surface area contributed by atoms with Crippen molar-refractivity contribution in [2.45, 2.75) is 65.0 Å². The van der Waals surface area contributed by atoms with Crippen LogP contribution in [0.2, 0.25) is 0 Å². The lowest BCUT2D eigenvalue weighted by molar-refractivity contribution is -0.127. The fraction of sp³-hybridized carbons (Fsp3) is 0.737. The second-order valence-corrected chi connectivity index (χ2v) is 8.58. The van der Waals surface area contributed by atoms with Gasteiger partial charge in [0.25, 0.3) is 0 Å². The molecule has 1 aromatic heterocycles. The van der Waals surface area contributed by atoms with Crippen LogP contribution in [0.5, 0.6) is 0 Å². The van der Waals surface area contributed by atoms with Crippen LogP contribution in [-0.4, -0.2) is 48.4 Å². The minimum Gasteiger partial charge on any atom is -0.353 e. The minimum atomic E-state index is -0.000801. The van der Waals surface area contributed by atoms with Crippen molar-refractivity contribution >= 4 is 23.2 Å². The summed E-state index contributed by atoms with van der Waals surface area (Å²) in [5.74, 6) is 1.76. The van der Waals surface area contributed by atoms with Gasteiger partial charge in [0.2, 0.25) is 5.91 Å². The Hall–Kier alpha value is -1.63. The van der Waals surface area contributed by atoms with Crippen molar-refractivity contribution in [2.75, 3.05) is 20.6 Å². The van der Waals surface area contributed by atoms with Crippen molar-refractivity contribution in [1.29, 1.82) is 0 Å². The number of guanidine groups is 1. The monoisotopic (exact) mass is 379 g/mol. The topological polar surface area (TPSA) is 69.6 Å². The van der Waals surface area contributed by atoms with E-state index in [1.54, 1.807) is 30.3 Å². The molecule has 1 aliphatic carbocycles. The Bertz CT molecular complexity index is 611. The molecule has 1 fully saturated rings. The van der Waals surface area contributed by atoms with E-state index < -0.39 is 0 Å². The summed E-state index contributed by atoms with van der Waals surface area (Å²) < 4.78 is 0. The van der Waals surface area contributed by atoms with E-state index in [0.29, 0.717) is 30.4 Å². The fourth-order valence-electron chi connectivity index (χ4n) is 2.98. The van der Waals surface area contributed by atoms with Crippen molar-refractivity contribution in [3.63, 3.8) is 0 Å². The van der Waals surface area contributed by atoms with Crippen LogP contribution in [0.1, 0.15) is 63.1 Å². The second kappa shape index (κ2) is 9.90. The fourth-order valence-corrected chi connectivity index (χ4v) is 3.87. The van der Waals surface area contributed by atoms with Crippen LogP contribution in [0.3, 0.4) is 0 Å². The minimum absolute atomic E-state index is 0.000801. The molecule has 7 heteroatoms. The maximum atomic E-state index is 11.9. The first kappa shape index (κ1) is 20.7. The third-order valence-electron chi connectivity index (χ3n) is 4.87. The SMILES string of the molecule is CC(C)c1csc(CNC(=NCC(=O)N(C)C)NC2CCCCC2C)n1. The van der Waals surface area contributed by atoms with Gasteiger partial charge in [0, 0.05) is 25.5 Å². The van der Waals surface area contributed by atoms with Crippen LogP contribution in [0.15, 0.2) is 10.4 Å². The summed E-state index contributed by atoms with van der Waals surface area (Å²) in [4.78, 5) is 22.7. The Morgan fingerprint density at radius 2 is 2.12 bits per heavy atom. The van der Waals surface area contributed by atoms with Gasteiger partial charge in [-0.15, -0.1) is 11.3 Å². The molecule has 0 radical (unpaired) electrons. The van der Waals surface area contributed by atoms with E-state index in [4.69, 9.17) is 0 Å².